The van der Waals surface area contributed by atoms with Gasteiger partial charge in [-0.15, -0.1) is 0 Å². The molecule has 170 valence electrons. The zero-order chi connectivity index (χ0) is 22.8. The molecule has 0 atom stereocenters. The van der Waals surface area contributed by atoms with Crippen molar-refractivity contribution >= 4 is 33.2 Å². The number of hydrogen-bond donors (Lipinski definition) is 1. The smallest absolute Gasteiger partial charge is 0.229 e. The molecular weight excluding hydrogens is 487 g/mol. The number of rotatable bonds is 6. The third-order valence-corrected chi connectivity index (χ3v) is 6.49. The molecule has 0 radical (unpaired) electrons. The maximum absolute atomic E-state index is 14.5. The molecular formula is C23H24BrFN8. The second-order valence-electron chi connectivity index (χ2n) is 8.01. The molecule has 0 spiro atoms. The number of pyridine rings is 2. The van der Waals surface area contributed by atoms with Gasteiger partial charge in [0, 0.05) is 50.7 Å². The second kappa shape index (κ2) is 9.50. The van der Waals surface area contributed by atoms with E-state index in [9.17, 15) is 4.39 Å². The Kier molecular flexibility index (Phi) is 6.30. The minimum absolute atomic E-state index is 0.214. The maximum atomic E-state index is 14.5. The first-order chi connectivity index (χ1) is 16.1. The van der Waals surface area contributed by atoms with Gasteiger partial charge in [0.2, 0.25) is 5.95 Å². The third-order valence-electron chi connectivity index (χ3n) is 5.87. The van der Waals surface area contributed by atoms with Crippen molar-refractivity contribution in [3.05, 3.63) is 64.9 Å². The molecule has 1 aliphatic rings. The Morgan fingerprint density at radius 2 is 1.85 bits per heavy atom. The SMILES string of the molecule is CCN1CCN(Cc2ccc(Nc3ncc(F)c(-c4ccn5ncc(Br)c5c4)n3)nc2)CC1. The van der Waals surface area contributed by atoms with Gasteiger partial charge < -0.3 is 10.2 Å². The first-order valence-corrected chi connectivity index (χ1v) is 11.7. The molecule has 5 heterocycles. The summed E-state index contributed by atoms with van der Waals surface area (Å²) in [6, 6.07) is 7.56. The van der Waals surface area contributed by atoms with Gasteiger partial charge in [-0.3, -0.25) is 4.90 Å². The van der Waals surface area contributed by atoms with Crippen LogP contribution in [0, 0.1) is 5.82 Å². The van der Waals surface area contributed by atoms with Gasteiger partial charge in [0.1, 0.15) is 11.5 Å². The fraction of sp³-hybridized carbons (Fsp3) is 0.304. The topological polar surface area (TPSA) is 74.5 Å². The fourth-order valence-electron chi connectivity index (χ4n) is 3.96. The van der Waals surface area contributed by atoms with Crippen molar-refractivity contribution in [1.82, 2.24) is 34.4 Å². The van der Waals surface area contributed by atoms with Crippen molar-refractivity contribution in [2.75, 3.05) is 38.0 Å². The Balaban J connectivity index is 1.29. The summed E-state index contributed by atoms with van der Waals surface area (Å²) in [7, 11) is 0. The van der Waals surface area contributed by atoms with Crippen LogP contribution in [0.1, 0.15) is 12.5 Å². The van der Waals surface area contributed by atoms with Gasteiger partial charge in [0.15, 0.2) is 5.82 Å². The molecule has 5 rings (SSSR count). The van der Waals surface area contributed by atoms with Gasteiger partial charge in [0.05, 0.1) is 22.4 Å². The van der Waals surface area contributed by atoms with E-state index in [0.717, 1.165) is 54.8 Å². The lowest BCUT2D eigenvalue weighted by atomic mass is 10.1. The van der Waals surface area contributed by atoms with Crippen LogP contribution >= 0.6 is 15.9 Å². The number of likely N-dealkylation sites (N-methyl/N-ethyl adjacent to an activating group) is 1. The molecule has 1 aliphatic heterocycles. The lowest BCUT2D eigenvalue weighted by Crippen LogP contribution is -2.45. The first kappa shape index (κ1) is 21.9. The largest absolute Gasteiger partial charge is 0.309 e. The third kappa shape index (κ3) is 4.87. The highest BCUT2D eigenvalue weighted by molar-refractivity contribution is 9.10. The number of nitrogens with one attached hydrogen (secondary N) is 1. The summed E-state index contributed by atoms with van der Waals surface area (Å²) in [6.45, 7) is 8.56. The Bertz CT molecular complexity index is 1250. The number of halogens is 2. The predicted octanol–water partition coefficient (Wildman–Crippen LogP) is 3.97. The van der Waals surface area contributed by atoms with Crippen molar-refractivity contribution in [3.63, 3.8) is 0 Å². The van der Waals surface area contributed by atoms with Gasteiger partial charge in [-0.2, -0.15) is 5.10 Å². The molecule has 4 aromatic rings. The molecule has 8 nitrogen and oxygen atoms in total. The standard InChI is InChI=1S/C23H24BrFN8/c1-2-31-7-9-32(10-8-31)15-16-3-4-21(26-12-16)29-23-27-14-19(25)22(30-23)17-5-6-33-20(11-17)18(24)13-28-33/h3-6,11-14H,2,7-10,15H2,1H3,(H,26,27,29,30). The summed E-state index contributed by atoms with van der Waals surface area (Å²) in [4.78, 5) is 17.9. The van der Waals surface area contributed by atoms with Crippen LogP contribution in [-0.2, 0) is 6.54 Å². The lowest BCUT2D eigenvalue weighted by Gasteiger charge is -2.33. The molecule has 0 aromatic carbocycles. The molecule has 0 bridgehead atoms. The summed E-state index contributed by atoms with van der Waals surface area (Å²) in [5.41, 5.74) is 2.84. The number of nitrogens with zero attached hydrogens (tertiary/aromatic N) is 7. The maximum Gasteiger partial charge on any atom is 0.229 e. The number of aromatic nitrogens is 5. The Morgan fingerprint density at radius 1 is 1.03 bits per heavy atom. The molecule has 10 heteroatoms. The van der Waals surface area contributed by atoms with Crippen LogP contribution < -0.4 is 5.32 Å². The average molecular weight is 511 g/mol. The molecule has 0 unspecified atom stereocenters. The number of anilines is 2. The second-order valence-corrected chi connectivity index (χ2v) is 8.87. The average Bonchev–Trinajstić information content (AvgIpc) is 3.22. The van der Waals surface area contributed by atoms with Crippen molar-refractivity contribution in [3.8, 4) is 11.3 Å². The van der Waals surface area contributed by atoms with Crippen LogP contribution in [0.2, 0.25) is 0 Å². The van der Waals surface area contributed by atoms with E-state index in [2.05, 4.69) is 64.1 Å². The van der Waals surface area contributed by atoms with Gasteiger partial charge in [-0.1, -0.05) is 13.0 Å². The van der Waals surface area contributed by atoms with Gasteiger partial charge in [-0.25, -0.2) is 23.9 Å². The zero-order valence-electron chi connectivity index (χ0n) is 18.2. The highest BCUT2D eigenvalue weighted by Gasteiger charge is 2.16. The van der Waals surface area contributed by atoms with Gasteiger partial charge >= 0.3 is 0 Å². The van der Waals surface area contributed by atoms with Crippen molar-refractivity contribution < 1.29 is 4.39 Å². The quantitative estimate of drug-likeness (QED) is 0.420. The number of piperazine rings is 1. The highest BCUT2D eigenvalue weighted by atomic mass is 79.9. The van der Waals surface area contributed by atoms with Crippen LogP contribution in [0.4, 0.5) is 16.2 Å². The molecule has 0 aliphatic carbocycles. The zero-order valence-corrected chi connectivity index (χ0v) is 19.8. The van der Waals surface area contributed by atoms with E-state index < -0.39 is 5.82 Å². The van der Waals surface area contributed by atoms with E-state index in [1.165, 1.54) is 6.20 Å². The summed E-state index contributed by atoms with van der Waals surface area (Å²) in [5.74, 6) is 0.405. The molecule has 1 saturated heterocycles. The Labute approximate surface area is 199 Å². The van der Waals surface area contributed by atoms with E-state index in [-0.39, 0.29) is 11.6 Å². The van der Waals surface area contributed by atoms with Crippen molar-refractivity contribution in [2.45, 2.75) is 13.5 Å². The molecule has 0 amide bonds. The number of hydrogen-bond acceptors (Lipinski definition) is 7. The van der Waals surface area contributed by atoms with Gasteiger partial charge in [0.25, 0.3) is 0 Å². The predicted molar refractivity (Wildman–Crippen MR) is 129 cm³/mol. The van der Waals surface area contributed by atoms with Crippen molar-refractivity contribution in [2.24, 2.45) is 0 Å². The molecule has 4 aromatic heterocycles. The summed E-state index contributed by atoms with van der Waals surface area (Å²) in [6.07, 6.45) is 6.50. The van der Waals surface area contributed by atoms with Crippen LogP contribution in [0.3, 0.4) is 0 Å². The van der Waals surface area contributed by atoms with Crippen LogP contribution in [0.5, 0.6) is 0 Å². The molecule has 1 N–H and O–H groups in total. The normalized spacial score (nSPS) is 15.2. The number of fused-ring (bicyclic) bond motifs is 1. The summed E-state index contributed by atoms with van der Waals surface area (Å²) < 4.78 is 17.1. The summed E-state index contributed by atoms with van der Waals surface area (Å²) >= 11 is 3.46. The minimum Gasteiger partial charge on any atom is -0.309 e. The summed E-state index contributed by atoms with van der Waals surface area (Å²) in [5, 5.41) is 7.30. The van der Waals surface area contributed by atoms with E-state index in [1.54, 1.807) is 23.0 Å². The van der Waals surface area contributed by atoms with Crippen LogP contribution in [0.15, 0.2) is 53.5 Å². The highest BCUT2D eigenvalue weighted by Crippen LogP contribution is 2.26. The van der Waals surface area contributed by atoms with E-state index in [0.29, 0.717) is 11.4 Å². The molecule has 1 fully saturated rings. The Hall–Kier alpha value is -2.95. The van der Waals surface area contributed by atoms with Crippen molar-refractivity contribution in [1.29, 1.82) is 0 Å². The first-order valence-electron chi connectivity index (χ1n) is 10.9. The lowest BCUT2D eigenvalue weighted by molar-refractivity contribution is 0.132. The molecule has 0 saturated carbocycles. The Morgan fingerprint density at radius 3 is 2.61 bits per heavy atom. The van der Waals surface area contributed by atoms with E-state index in [1.807, 2.05) is 18.3 Å². The fourth-order valence-corrected chi connectivity index (χ4v) is 4.34. The van der Waals surface area contributed by atoms with Gasteiger partial charge in [-0.05, 0) is 46.2 Å². The van der Waals surface area contributed by atoms with E-state index in [4.69, 9.17) is 0 Å². The van der Waals surface area contributed by atoms with Crippen LogP contribution in [-0.4, -0.2) is 67.1 Å². The monoisotopic (exact) mass is 510 g/mol. The molecule has 33 heavy (non-hydrogen) atoms. The minimum atomic E-state index is -0.494. The van der Waals surface area contributed by atoms with Crippen LogP contribution in [0.25, 0.3) is 16.8 Å². The van der Waals surface area contributed by atoms with E-state index >= 15 is 0 Å².